The summed E-state index contributed by atoms with van der Waals surface area (Å²) in [7, 11) is 4.59. The SMILES string of the molecule is CC=O.CNc1cc(F)c(F)c(F)c1.COCCNC(=O)C(=O)N1CCC(NSc2cn(C)c(C=O)c2F)C1. The van der Waals surface area contributed by atoms with Gasteiger partial charge in [0.05, 0.1) is 11.5 Å². The molecule has 0 spiro atoms. The number of likely N-dealkylation sites (tertiary alicyclic amines) is 1. The van der Waals surface area contributed by atoms with Crippen molar-refractivity contribution in [1.29, 1.82) is 0 Å². The summed E-state index contributed by atoms with van der Waals surface area (Å²) >= 11 is 1.07. The summed E-state index contributed by atoms with van der Waals surface area (Å²) in [6, 6.07) is 1.71. The second kappa shape index (κ2) is 17.2. The monoisotopic (exact) mass is 577 g/mol. The number of amides is 2. The number of carbonyl (C=O) groups is 4. The molecule has 2 aromatic rings. The smallest absolute Gasteiger partial charge is 0.311 e. The Hall–Kier alpha value is -3.43. The summed E-state index contributed by atoms with van der Waals surface area (Å²) < 4.78 is 60.3. The van der Waals surface area contributed by atoms with E-state index in [1.54, 1.807) is 7.05 Å². The van der Waals surface area contributed by atoms with Gasteiger partial charge in [-0.15, -0.1) is 0 Å². The van der Waals surface area contributed by atoms with Crippen molar-refractivity contribution in [3.05, 3.63) is 47.3 Å². The fraction of sp³-hybridized carbons (Fsp3) is 0.417. The molecule has 216 valence electrons. The third-order valence-electron chi connectivity index (χ3n) is 5.11. The quantitative estimate of drug-likeness (QED) is 0.109. The number of halogens is 4. The van der Waals surface area contributed by atoms with Gasteiger partial charge in [-0.3, -0.25) is 19.1 Å². The second-order valence-electron chi connectivity index (χ2n) is 7.87. The summed E-state index contributed by atoms with van der Waals surface area (Å²) in [5.74, 6) is -5.62. The molecule has 1 saturated heterocycles. The van der Waals surface area contributed by atoms with Crippen LogP contribution in [0.1, 0.15) is 23.8 Å². The fourth-order valence-electron chi connectivity index (χ4n) is 3.16. The van der Waals surface area contributed by atoms with Gasteiger partial charge in [-0.25, -0.2) is 17.6 Å². The lowest BCUT2D eigenvalue weighted by Crippen LogP contribution is -2.43. The third-order valence-corrected chi connectivity index (χ3v) is 6.07. The van der Waals surface area contributed by atoms with Crippen molar-refractivity contribution in [3.63, 3.8) is 0 Å². The molecule has 1 unspecified atom stereocenters. The number of carbonyl (C=O) groups excluding carboxylic acids is 4. The van der Waals surface area contributed by atoms with Gasteiger partial charge in [-0.05, 0) is 25.3 Å². The highest BCUT2D eigenvalue weighted by Crippen LogP contribution is 2.24. The molecule has 1 fully saturated rings. The number of nitrogens with one attached hydrogen (secondary N) is 3. The van der Waals surface area contributed by atoms with Gasteiger partial charge in [0.1, 0.15) is 12.0 Å². The first-order chi connectivity index (χ1) is 18.5. The van der Waals surface area contributed by atoms with Gasteiger partial charge < -0.3 is 29.6 Å². The van der Waals surface area contributed by atoms with Gasteiger partial charge in [-0.1, -0.05) is 0 Å². The largest absolute Gasteiger partial charge is 0.388 e. The Morgan fingerprint density at radius 1 is 1.15 bits per heavy atom. The van der Waals surface area contributed by atoms with Gasteiger partial charge in [0.25, 0.3) is 0 Å². The van der Waals surface area contributed by atoms with Gasteiger partial charge in [0.2, 0.25) is 0 Å². The maximum absolute atomic E-state index is 14.0. The molecule has 0 bridgehead atoms. The van der Waals surface area contributed by atoms with Crippen LogP contribution in [0, 0.1) is 23.3 Å². The van der Waals surface area contributed by atoms with Crippen molar-refractivity contribution < 1.29 is 41.5 Å². The summed E-state index contributed by atoms with van der Waals surface area (Å²) in [5, 5.41) is 4.98. The van der Waals surface area contributed by atoms with Crippen molar-refractivity contribution in [2.24, 2.45) is 7.05 Å². The van der Waals surface area contributed by atoms with Crippen molar-refractivity contribution in [3.8, 4) is 0 Å². The van der Waals surface area contributed by atoms with E-state index < -0.39 is 35.1 Å². The molecule has 0 radical (unpaired) electrons. The molecule has 39 heavy (non-hydrogen) atoms. The van der Waals surface area contributed by atoms with Crippen LogP contribution in [0.5, 0.6) is 0 Å². The normalized spacial score (nSPS) is 13.9. The summed E-state index contributed by atoms with van der Waals surface area (Å²) in [6.07, 6.45) is 3.40. The number of nitrogens with zero attached hydrogens (tertiary/aromatic N) is 2. The summed E-state index contributed by atoms with van der Waals surface area (Å²) in [4.78, 5) is 45.2. The van der Waals surface area contributed by atoms with Gasteiger partial charge in [0.15, 0.2) is 29.6 Å². The predicted octanol–water partition coefficient (Wildman–Crippen LogP) is 2.29. The average molecular weight is 578 g/mol. The highest BCUT2D eigenvalue weighted by Gasteiger charge is 2.30. The van der Waals surface area contributed by atoms with Crippen molar-refractivity contribution in [1.82, 2.24) is 19.5 Å². The summed E-state index contributed by atoms with van der Waals surface area (Å²) in [5.41, 5.74) is 0.196. The number of anilines is 1. The van der Waals surface area contributed by atoms with E-state index in [0.29, 0.717) is 37.3 Å². The highest BCUT2D eigenvalue weighted by atomic mass is 32.2. The van der Waals surface area contributed by atoms with Crippen LogP contribution in [-0.4, -0.2) is 80.3 Å². The Morgan fingerprint density at radius 2 is 1.77 bits per heavy atom. The molecule has 0 saturated carbocycles. The molecule has 3 rings (SSSR count). The number of methoxy groups -OCH3 is 1. The van der Waals surface area contributed by atoms with E-state index in [2.05, 4.69) is 15.4 Å². The van der Waals surface area contributed by atoms with Gasteiger partial charge in [-0.2, -0.15) is 0 Å². The number of hydrogen-bond acceptors (Lipinski definition) is 8. The van der Waals surface area contributed by atoms with Crippen LogP contribution < -0.4 is 15.4 Å². The number of aldehydes is 2. The second-order valence-corrected chi connectivity index (χ2v) is 8.75. The number of aryl methyl sites for hydroxylation is 1. The molecular weight excluding hydrogens is 546 g/mol. The maximum atomic E-state index is 14.0. The first kappa shape index (κ1) is 33.6. The van der Waals surface area contributed by atoms with Crippen LogP contribution in [0.2, 0.25) is 0 Å². The lowest BCUT2D eigenvalue weighted by Gasteiger charge is -2.16. The first-order valence-corrected chi connectivity index (χ1v) is 12.4. The molecule has 1 aromatic heterocycles. The first-order valence-electron chi connectivity index (χ1n) is 11.5. The molecule has 0 aliphatic carbocycles. The minimum absolute atomic E-state index is 0.0137. The Balaban J connectivity index is 0.000000450. The van der Waals surface area contributed by atoms with Crippen molar-refractivity contribution in [2.75, 3.05) is 45.7 Å². The third kappa shape index (κ3) is 10.3. The zero-order valence-electron chi connectivity index (χ0n) is 21.9. The van der Waals surface area contributed by atoms with E-state index in [1.165, 1.54) is 36.7 Å². The van der Waals surface area contributed by atoms with Crippen LogP contribution in [0.15, 0.2) is 23.2 Å². The van der Waals surface area contributed by atoms with Crippen molar-refractivity contribution >= 4 is 42.0 Å². The van der Waals surface area contributed by atoms with E-state index in [4.69, 9.17) is 9.53 Å². The van der Waals surface area contributed by atoms with Crippen LogP contribution in [0.25, 0.3) is 0 Å². The number of aromatic nitrogens is 1. The molecule has 10 nitrogen and oxygen atoms in total. The molecule has 1 atom stereocenters. The Bertz CT molecular complexity index is 1110. The molecule has 2 amide bonds. The van der Waals surface area contributed by atoms with Gasteiger partial charge in [0, 0.05) is 70.9 Å². The molecule has 2 heterocycles. The molecule has 1 aromatic carbocycles. The number of benzene rings is 1. The van der Waals surface area contributed by atoms with E-state index in [9.17, 15) is 31.9 Å². The minimum Gasteiger partial charge on any atom is -0.388 e. The zero-order valence-corrected chi connectivity index (χ0v) is 22.7. The topological polar surface area (TPSA) is 122 Å². The molecule has 15 heteroatoms. The van der Waals surface area contributed by atoms with Crippen LogP contribution >= 0.6 is 11.9 Å². The number of rotatable bonds is 8. The predicted molar refractivity (Wildman–Crippen MR) is 137 cm³/mol. The molecule has 3 N–H and O–H groups in total. The van der Waals surface area contributed by atoms with Crippen LogP contribution in [-0.2, 0) is 26.2 Å². The lowest BCUT2D eigenvalue weighted by molar-refractivity contribution is -0.145. The van der Waals surface area contributed by atoms with Crippen LogP contribution in [0.3, 0.4) is 0 Å². The Morgan fingerprint density at radius 3 is 2.28 bits per heavy atom. The Labute approximate surface area is 227 Å². The van der Waals surface area contributed by atoms with Crippen LogP contribution in [0.4, 0.5) is 23.2 Å². The average Bonchev–Trinajstić information content (AvgIpc) is 3.49. The molecular formula is C24H31F4N5O5S. The zero-order chi connectivity index (χ0) is 29.5. The van der Waals surface area contributed by atoms with E-state index in [0.717, 1.165) is 30.4 Å². The van der Waals surface area contributed by atoms with E-state index >= 15 is 0 Å². The molecule has 1 aliphatic heterocycles. The van der Waals surface area contributed by atoms with E-state index in [-0.39, 0.29) is 24.0 Å². The maximum Gasteiger partial charge on any atom is 0.311 e. The Kier molecular flexibility index (Phi) is 14.8. The molecule has 1 aliphatic rings. The van der Waals surface area contributed by atoms with Gasteiger partial charge >= 0.3 is 11.8 Å². The number of hydrogen-bond donors (Lipinski definition) is 3. The lowest BCUT2D eigenvalue weighted by atomic mass is 10.3. The highest BCUT2D eigenvalue weighted by molar-refractivity contribution is 7.97. The summed E-state index contributed by atoms with van der Waals surface area (Å²) in [6.45, 7) is 2.87. The van der Waals surface area contributed by atoms with Crippen molar-refractivity contribution in [2.45, 2.75) is 24.3 Å². The minimum atomic E-state index is -1.44. The number of ether oxygens (including phenoxy) is 1. The fourth-order valence-corrected chi connectivity index (χ4v) is 4.05. The standard InChI is InChI=1S/C15H21FN4O4S.C7H6F3N.C2H4O/c1-19-8-12(13(16)11(19)9-21)25-18-10-3-5-20(7-10)15(23)14(22)17-4-6-24-2;1-11-4-2-5(8)7(10)6(9)3-4;1-2-3/h8-10,18H,3-7H2,1-2H3,(H,17,22);2-3,11H,1H3;2H,1H3. The van der Waals surface area contributed by atoms with E-state index in [1.807, 2.05) is 0 Å².